The SMILES string of the molecule is COC(=O)N/N=C(/c1ccccc1)c1ccncc1. The molecule has 0 saturated heterocycles. The maximum atomic E-state index is 11.1. The van der Waals surface area contributed by atoms with Crippen LogP contribution in [0.5, 0.6) is 0 Å². The lowest BCUT2D eigenvalue weighted by molar-refractivity contribution is 0.171. The number of pyridine rings is 1. The quantitative estimate of drug-likeness (QED) is 0.675. The number of amides is 1. The number of aromatic nitrogens is 1. The summed E-state index contributed by atoms with van der Waals surface area (Å²) in [6, 6.07) is 13.2. The minimum Gasteiger partial charge on any atom is -0.452 e. The summed E-state index contributed by atoms with van der Waals surface area (Å²) in [5, 5.41) is 4.10. The average molecular weight is 255 g/mol. The predicted molar refractivity (Wildman–Crippen MR) is 71.9 cm³/mol. The third-order valence-corrected chi connectivity index (χ3v) is 2.45. The molecule has 1 heterocycles. The first-order chi connectivity index (χ1) is 9.31. The molecule has 0 saturated carbocycles. The van der Waals surface area contributed by atoms with E-state index in [0.717, 1.165) is 11.1 Å². The Hall–Kier alpha value is -2.69. The van der Waals surface area contributed by atoms with E-state index < -0.39 is 6.09 Å². The second kappa shape index (κ2) is 6.30. The molecule has 0 spiro atoms. The molecular weight excluding hydrogens is 242 g/mol. The molecule has 0 aliphatic heterocycles. The first-order valence-electron chi connectivity index (χ1n) is 5.68. The largest absolute Gasteiger partial charge is 0.452 e. The number of methoxy groups -OCH3 is 1. The standard InChI is InChI=1S/C14H13N3O2/c1-19-14(18)17-16-13(11-5-3-2-4-6-11)12-7-9-15-10-8-12/h2-10H,1H3,(H,17,18)/b16-13-. The number of hydrogen-bond donors (Lipinski definition) is 1. The van der Waals surface area contributed by atoms with E-state index in [1.54, 1.807) is 12.4 Å². The van der Waals surface area contributed by atoms with Crippen LogP contribution in [0.1, 0.15) is 11.1 Å². The van der Waals surface area contributed by atoms with E-state index in [0.29, 0.717) is 5.71 Å². The van der Waals surface area contributed by atoms with E-state index in [1.165, 1.54) is 7.11 Å². The van der Waals surface area contributed by atoms with Crippen LogP contribution in [0.4, 0.5) is 4.79 Å². The molecule has 0 bridgehead atoms. The van der Waals surface area contributed by atoms with Crippen LogP contribution in [-0.2, 0) is 4.74 Å². The molecule has 2 aromatic rings. The molecule has 1 N–H and O–H groups in total. The molecule has 1 aromatic heterocycles. The van der Waals surface area contributed by atoms with Gasteiger partial charge in [-0.15, -0.1) is 0 Å². The van der Waals surface area contributed by atoms with E-state index in [4.69, 9.17) is 0 Å². The number of ether oxygens (including phenoxy) is 1. The number of carbonyl (C=O) groups is 1. The third-order valence-electron chi connectivity index (χ3n) is 2.45. The average Bonchev–Trinajstić information content (AvgIpc) is 2.49. The molecule has 5 heteroatoms. The summed E-state index contributed by atoms with van der Waals surface area (Å²) in [6.07, 6.45) is 2.74. The van der Waals surface area contributed by atoms with Gasteiger partial charge in [-0.05, 0) is 12.1 Å². The van der Waals surface area contributed by atoms with Crippen molar-refractivity contribution in [3.8, 4) is 0 Å². The van der Waals surface area contributed by atoms with Crippen molar-refractivity contribution in [1.29, 1.82) is 0 Å². The predicted octanol–water partition coefficient (Wildman–Crippen LogP) is 2.19. The van der Waals surface area contributed by atoms with Crippen molar-refractivity contribution in [2.24, 2.45) is 5.10 Å². The second-order valence-corrected chi connectivity index (χ2v) is 3.67. The van der Waals surface area contributed by atoms with E-state index in [2.05, 4.69) is 20.2 Å². The van der Waals surface area contributed by atoms with Gasteiger partial charge in [-0.2, -0.15) is 5.10 Å². The number of nitrogens with zero attached hydrogens (tertiary/aromatic N) is 2. The van der Waals surface area contributed by atoms with Crippen LogP contribution in [0.2, 0.25) is 0 Å². The molecule has 0 radical (unpaired) electrons. The maximum Gasteiger partial charge on any atom is 0.427 e. The smallest absolute Gasteiger partial charge is 0.427 e. The number of hydrogen-bond acceptors (Lipinski definition) is 4. The highest BCUT2D eigenvalue weighted by atomic mass is 16.5. The molecule has 0 aliphatic carbocycles. The van der Waals surface area contributed by atoms with Gasteiger partial charge >= 0.3 is 6.09 Å². The monoisotopic (exact) mass is 255 g/mol. The number of carbonyl (C=O) groups excluding carboxylic acids is 1. The first-order valence-corrected chi connectivity index (χ1v) is 5.68. The Bertz CT molecular complexity index is 526. The number of nitrogens with one attached hydrogen (secondary N) is 1. The zero-order valence-corrected chi connectivity index (χ0v) is 10.4. The lowest BCUT2D eigenvalue weighted by atomic mass is 10.0. The van der Waals surface area contributed by atoms with Gasteiger partial charge < -0.3 is 4.74 Å². The molecule has 19 heavy (non-hydrogen) atoms. The minimum absolute atomic E-state index is 0.609. The van der Waals surface area contributed by atoms with Gasteiger partial charge in [0.1, 0.15) is 0 Å². The maximum absolute atomic E-state index is 11.1. The topological polar surface area (TPSA) is 63.6 Å². The molecule has 96 valence electrons. The summed E-state index contributed by atoms with van der Waals surface area (Å²) in [6.45, 7) is 0. The molecule has 0 fully saturated rings. The van der Waals surface area contributed by atoms with Crippen molar-refractivity contribution in [2.75, 3.05) is 7.11 Å². The van der Waals surface area contributed by atoms with Crippen LogP contribution in [-0.4, -0.2) is 23.9 Å². The van der Waals surface area contributed by atoms with Gasteiger partial charge in [-0.1, -0.05) is 30.3 Å². The Labute approximate surface area is 110 Å². The van der Waals surface area contributed by atoms with Gasteiger partial charge in [0.05, 0.1) is 12.8 Å². The second-order valence-electron chi connectivity index (χ2n) is 3.67. The van der Waals surface area contributed by atoms with Crippen molar-refractivity contribution in [1.82, 2.24) is 10.4 Å². The van der Waals surface area contributed by atoms with Crippen LogP contribution in [0.3, 0.4) is 0 Å². The third kappa shape index (κ3) is 3.38. The summed E-state index contributed by atoms with van der Waals surface area (Å²) < 4.78 is 4.50. The van der Waals surface area contributed by atoms with Crippen LogP contribution in [0, 0.1) is 0 Å². The van der Waals surface area contributed by atoms with Gasteiger partial charge in [0.2, 0.25) is 0 Å². The fourth-order valence-corrected chi connectivity index (χ4v) is 1.55. The molecule has 0 atom stereocenters. The van der Waals surface area contributed by atoms with Crippen LogP contribution in [0.15, 0.2) is 60.0 Å². The summed E-state index contributed by atoms with van der Waals surface area (Å²) in [5.74, 6) is 0. The number of benzene rings is 1. The Morgan fingerprint density at radius 2 is 1.74 bits per heavy atom. The van der Waals surface area contributed by atoms with Gasteiger partial charge in [0, 0.05) is 23.5 Å². The van der Waals surface area contributed by atoms with Crippen molar-refractivity contribution >= 4 is 11.8 Å². The molecule has 0 aliphatic rings. The normalized spacial score (nSPS) is 10.9. The molecule has 0 unspecified atom stereocenters. The zero-order valence-electron chi connectivity index (χ0n) is 10.4. The Morgan fingerprint density at radius 1 is 1.11 bits per heavy atom. The molecule has 5 nitrogen and oxygen atoms in total. The lowest BCUT2D eigenvalue weighted by Crippen LogP contribution is -2.20. The highest BCUT2D eigenvalue weighted by molar-refractivity contribution is 6.12. The summed E-state index contributed by atoms with van der Waals surface area (Å²) in [5.41, 5.74) is 4.73. The van der Waals surface area contributed by atoms with Gasteiger partial charge in [0.25, 0.3) is 0 Å². The number of rotatable bonds is 3. The molecule has 2 rings (SSSR count). The highest BCUT2D eigenvalue weighted by Crippen LogP contribution is 2.09. The van der Waals surface area contributed by atoms with Crippen molar-refractivity contribution in [3.63, 3.8) is 0 Å². The van der Waals surface area contributed by atoms with Crippen LogP contribution < -0.4 is 5.43 Å². The van der Waals surface area contributed by atoms with Crippen LogP contribution in [0.25, 0.3) is 0 Å². The van der Waals surface area contributed by atoms with E-state index in [9.17, 15) is 4.79 Å². The van der Waals surface area contributed by atoms with E-state index in [-0.39, 0.29) is 0 Å². The Balaban J connectivity index is 2.37. The van der Waals surface area contributed by atoms with Crippen molar-refractivity contribution in [2.45, 2.75) is 0 Å². The van der Waals surface area contributed by atoms with Crippen LogP contribution >= 0.6 is 0 Å². The van der Waals surface area contributed by atoms with Gasteiger partial charge in [0.15, 0.2) is 0 Å². The Morgan fingerprint density at radius 3 is 2.37 bits per heavy atom. The lowest BCUT2D eigenvalue weighted by Gasteiger charge is -2.07. The fourth-order valence-electron chi connectivity index (χ4n) is 1.55. The zero-order chi connectivity index (χ0) is 13.5. The summed E-state index contributed by atoms with van der Waals surface area (Å²) in [7, 11) is 1.29. The molecular formula is C14H13N3O2. The summed E-state index contributed by atoms with van der Waals surface area (Å²) in [4.78, 5) is 15.1. The minimum atomic E-state index is -0.609. The Kier molecular flexibility index (Phi) is 4.23. The highest BCUT2D eigenvalue weighted by Gasteiger charge is 2.07. The van der Waals surface area contributed by atoms with Crippen molar-refractivity contribution in [3.05, 3.63) is 66.0 Å². The molecule has 1 amide bonds. The van der Waals surface area contributed by atoms with E-state index in [1.807, 2.05) is 42.5 Å². The fraction of sp³-hybridized carbons (Fsp3) is 0.0714. The molecule has 1 aromatic carbocycles. The first kappa shape index (κ1) is 12.8. The summed E-state index contributed by atoms with van der Waals surface area (Å²) >= 11 is 0. The number of hydrazone groups is 1. The van der Waals surface area contributed by atoms with E-state index >= 15 is 0 Å². The van der Waals surface area contributed by atoms with Crippen molar-refractivity contribution < 1.29 is 9.53 Å². The van der Waals surface area contributed by atoms with Gasteiger partial charge in [-0.25, -0.2) is 10.2 Å². The van der Waals surface area contributed by atoms with Gasteiger partial charge in [-0.3, -0.25) is 4.98 Å².